The number of H-pyrrole nitrogens is 2. The summed E-state index contributed by atoms with van der Waals surface area (Å²) in [5.41, 5.74) is 7.65. The Morgan fingerprint density at radius 1 is 0.545 bits per heavy atom. The molecule has 4 saturated heterocycles. The number of hydrogen-bond acceptors (Lipinski definition) is 8. The van der Waals surface area contributed by atoms with Gasteiger partial charge < -0.3 is 24.5 Å². The molecule has 12 heteroatoms. The van der Waals surface area contributed by atoms with Crippen molar-refractivity contribution in [2.45, 2.75) is 88.4 Å². The molecule has 10 rings (SSSR count). The molecule has 0 bridgehead atoms. The van der Waals surface area contributed by atoms with E-state index < -0.39 is 5.97 Å². The third-order valence-corrected chi connectivity index (χ3v) is 14.3. The lowest BCUT2D eigenvalue weighted by Gasteiger charge is -2.37. The first-order valence-corrected chi connectivity index (χ1v) is 24.1. The lowest BCUT2D eigenvalue weighted by molar-refractivity contribution is -0.139. The predicted octanol–water partition coefficient (Wildman–Crippen LogP) is 9.70. The molecule has 0 spiro atoms. The number of carbonyl (C=O) groups is 3. The molecule has 4 atom stereocenters. The molecule has 66 heavy (non-hydrogen) atoms. The first-order valence-electron chi connectivity index (χ1n) is 24.1. The number of piperidine rings is 2. The molecule has 2 aromatic heterocycles. The highest BCUT2D eigenvalue weighted by molar-refractivity contribution is 5.94. The maximum absolute atomic E-state index is 14.6. The van der Waals surface area contributed by atoms with Gasteiger partial charge in [0.2, 0.25) is 11.8 Å². The Kier molecular flexibility index (Phi) is 12.9. The summed E-state index contributed by atoms with van der Waals surface area (Å²) in [5, 5.41) is 0. The van der Waals surface area contributed by atoms with Crippen LogP contribution in [0.5, 0.6) is 0 Å². The van der Waals surface area contributed by atoms with E-state index in [9.17, 15) is 14.4 Å². The minimum absolute atomic E-state index is 0.0826. The van der Waals surface area contributed by atoms with Crippen LogP contribution in [0.2, 0.25) is 0 Å². The number of benzene rings is 4. The van der Waals surface area contributed by atoms with Gasteiger partial charge in [-0.2, -0.15) is 0 Å². The minimum atomic E-state index is -0.526. The van der Waals surface area contributed by atoms with Gasteiger partial charge in [0.1, 0.15) is 23.7 Å². The summed E-state index contributed by atoms with van der Waals surface area (Å²) in [6, 6.07) is 35.8. The van der Waals surface area contributed by atoms with Gasteiger partial charge in [0.05, 0.1) is 36.8 Å². The second-order valence-corrected chi connectivity index (χ2v) is 18.4. The summed E-state index contributed by atoms with van der Waals surface area (Å²) in [5.74, 6) is 1.15. The van der Waals surface area contributed by atoms with Gasteiger partial charge in [-0.3, -0.25) is 19.4 Å². The average molecular weight is 885 g/mol. The molecule has 4 aliphatic heterocycles. The summed E-state index contributed by atoms with van der Waals surface area (Å²) in [6.07, 6.45) is 12.1. The number of amides is 2. The van der Waals surface area contributed by atoms with Crippen molar-refractivity contribution in [3.63, 3.8) is 0 Å². The van der Waals surface area contributed by atoms with Gasteiger partial charge in [-0.05, 0) is 105 Å². The maximum atomic E-state index is 14.6. The van der Waals surface area contributed by atoms with Crippen LogP contribution in [0.3, 0.4) is 0 Å². The number of aromatic amines is 2. The number of nitrogens with zero attached hydrogens (tertiary/aromatic N) is 6. The van der Waals surface area contributed by atoms with Crippen LogP contribution < -0.4 is 0 Å². The van der Waals surface area contributed by atoms with Crippen LogP contribution in [0.15, 0.2) is 115 Å². The van der Waals surface area contributed by atoms with Crippen molar-refractivity contribution in [3.05, 3.63) is 144 Å². The van der Waals surface area contributed by atoms with Gasteiger partial charge in [-0.15, -0.1) is 0 Å². The number of carbonyl (C=O) groups excluding carboxylic acids is 3. The molecular weight excluding hydrogens is 825 g/mol. The van der Waals surface area contributed by atoms with E-state index >= 15 is 0 Å². The molecule has 0 saturated carbocycles. The summed E-state index contributed by atoms with van der Waals surface area (Å²) in [6.45, 7) is 5.03. The molecule has 6 heterocycles. The number of ether oxygens (including phenoxy) is 1. The number of methoxy groups -OCH3 is 1. The zero-order valence-electron chi connectivity index (χ0n) is 37.9. The molecule has 340 valence electrons. The lowest BCUT2D eigenvalue weighted by Crippen LogP contribution is -2.44. The minimum Gasteiger partial charge on any atom is -0.464 e. The first kappa shape index (κ1) is 43.5. The normalized spacial score (nSPS) is 20.3. The first-order chi connectivity index (χ1) is 32.4. The number of hydrogen-bond donors (Lipinski definition) is 2. The monoisotopic (exact) mass is 884 g/mol. The fourth-order valence-electron chi connectivity index (χ4n) is 10.9. The quantitative estimate of drug-likeness (QED) is 0.116. The van der Waals surface area contributed by atoms with Crippen molar-refractivity contribution < 1.29 is 19.1 Å². The average Bonchev–Trinajstić information content (AvgIpc) is 4.23. The molecule has 1 unspecified atom stereocenters. The van der Waals surface area contributed by atoms with Crippen molar-refractivity contribution in [3.8, 4) is 33.6 Å². The Bertz CT molecular complexity index is 2600. The highest BCUT2D eigenvalue weighted by Crippen LogP contribution is 2.39. The van der Waals surface area contributed by atoms with Gasteiger partial charge in [0.25, 0.3) is 0 Å². The maximum Gasteiger partial charge on any atom is 0.358 e. The van der Waals surface area contributed by atoms with E-state index in [4.69, 9.17) is 14.7 Å². The third kappa shape index (κ3) is 8.84. The summed E-state index contributed by atoms with van der Waals surface area (Å²) in [7, 11) is 1.37. The molecule has 2 amide bonds. The fourth-order valence-corrected chi connectivity index (χ4v) is 10.9. The van der Waals surface area contributed by atoms with E-state index in [1.807, 2.05) is 71.8 Å². The Hall–Kier alpha value is -6.37. The van der Waals surface area contributed by atoms with Crippen molar-refractivity contribution in [2.75, 3.05) is 46.4 Å². The van der Waals surface area contributed by atoms with Crippen LogP contribution in [0, 0.1) is 0 Å². The van der Waals surface area contributed by atoms with Gasteiger partial charge in [0.15, 0.2) is 5.69 Å². The molecule has 6 aromatic rings. The largest absolute Gasteiger partial charge is 0.464 e. The molecular formula is C54H60N8O4. The second-order valence-electron chi connectivity index (χ2n) is 18.4. The second kappa shape index (κ2) is 19.6. The van der Waals surface area contributed by atoms with Crippen molar-refractivity contribution in [1.29, 1.82) is 0 Å². The van der Waals surface area contributed by atoms with Crippen LogP contribution in [-0.4, -0.2) is 104 Å². The standard InChI is InChI=1S/C54H60N8O4/c1-66-54(65)47-46(57-51(58-47)45-21-15-35-62(45)53(64)49(42-18-8-3-9-19-42)60-32-12-5-13-33-60)40-28-24-38(25-29-40)37-22-26-39(27-23-37)43-36-55-50(56-43)44-20-14-34-61(44)52(63)48(41-16-6-2-7-17-41)59-30-10-4-11-31-59/h2-3,6-9,16-19,22-29,36,44-45,48-49H,4-5,10-15,20-21,30-35H2,1H3,(H,55,56)(H,57,58)/t44-,45-,48?,49+/m0/s1. The third-order valence-electron chi connectivity index (χ3n) is 14.3. The van der Waals surface area contributed by atoms with E-state index in [0.717, 1.165) is 129 Å². The van der Waals surface area contributed by atoms with E-state index in [-0.39, 0.29) is 41.7 Å². The number of imidazole rings is 2. The molecule has 0 aliphatic carbocycles. The topological polar surface area (TPSA) is 131 Å². The van der Waals surface area contributed by atoms with E-state index in [1.54, 1.807) is 0 Å². The summed E-state index contributed by atoms with van der Waals surface area (Å²) in [4.78, 5) is 67.8. The van der Waals surface area contributed by atoms with Gasteiger partial charge in [-0.25, -0.2) is 14.8 Å². The van der Waals surface area contributed by atoms with E-state index in [0.29, 0.717) is 18.1 Å². The zero-order valence-corrected chi connectivity index (χ0v) is 37.9. The highest BCUT2D eigenvalue weighted by Gasteiger charge is 2.41. The van der Waals surface area contributed by atoms with Gasteiger partial charge in [-0.1, -0.05) is 122 Å². The summed E-state index contributed by atoms with van der Waals surface area (Å²) >= 11 is 0. The molecule has 4 fully saturated rings. The molecule has 0 radical (unpaired) electrons. The van der Waals surface area contributed by atoms with Crippen LogP contribution in [0.1, 0.15) is 122 Å². The number of likely N-dealkylation sites (tertiary alicyclic amines) is 4. The molecule has 12 nitrogen and oxygen atoms in total. The fraction of sp³-hybridized carbons (Fsp3) is 0.389. The SMILES string of the molecule is COC(=O)c1nc([C@@H]2CCCN2C(=O)[C@@H](c2ccccc2)N2CCCCC2)[nH]c1-c1ccc(-c2ccc(-c3cnc([C@@H]4CCCN4C(=O)C(c4ccccc4)N4CCCCC4)[nH]3)cc2)cc1. The Morgan fingerprint density at radius 3 is 1.52 bits per heavy atom. The van der Waals surface area contributed by atoms with Crippen LogP contribution in [0.25, 0.3) is 33.6 Å². The number of nitrogens with one attached hydrogen (secondary N) is 2. The number of rotatable bonds is 12. The smallest absolute Gasteiger partial charge is 0.358 e. The van der Waals surface area contributed by atoms with E-state index in [2.05, 4.69) is 73.2 Å². The number of aromatic nitrogens is 4. The molecule has 4 aromatic carbocycles. The summed E-state index contributed by atoms with van der Waals surface area (Å²) < 4.78 is 5.22. The molecule has 4 aliphatic rings. The zero-order chi connectivity index (χ0) is 45.0. The van der Waals surface area contributed by atoms with Crippen LogP contribution in [0.4, 0.5) is 0 Å². The van der Waals surface area contributed by atoms with Crippen molar-refractivity contribution in [1.82, 2.24) is 39.5 Å². The number of esters is 1. The van der Waals surface area contributed by atoms with Crippen molar-refractivity contribution in [2.24, 2.45) is 0 Å². The predicted molar refractivity (Wildman–Crippen MR) is 255 cm³/mol. The van der Waals surface area contributed by atoms with Crippen molar-refractivity contribution >= 4 is 17.8 Å². The van der Waals surface area contributed by atoms with Crippen LogP contribution >= 0.6 is 0 Å². The van der Waals surface area contributed by atoms with Crippen LogP contribution in [-0.2, 0) is 14.3 Å². The molecule has 2 N–H and O–H groups in total. The lowest BCUT2D eigenvalue weighted by atomic mass is 10.00. The highest BCUT2D eigenvalue weighted by atomic mass is 16.5. The Balaban J connectivity index is 0.846. The van der Waals surface area contributed by atoms with Gasteiger partial charge in [0, 0.05) is 18.7 Å². The Labute approximate surface area is 387 Å². The Morgan fingerprint density at radius 2 is 1.02 bits per heavy atom. The van der Waals surface area contributed by atoms with Gasteiger partial charge >= 0.3 is 5.97 Å². The van der Waals surface area contributed by atoms with E-state index in [1.165, 1.54) is 20.0 Å².